The van der Waals surface area contributed by atoms with Gasteiger partial charge in [-0.1, -0.05) is 6.07 Å². The van der Waals surface area contributed by atoms with E-state index in [4.69, 9.17) is 4.74 Å². The Morgan fingerprint density at radius 1 is 1.50 bits per heavy atom. The van der Waals surface area contributed by atoms with Crippen molar-refractivity contribution in [2.24, 2.45) is 0 Å². The fraction of sp³-hybridized carbons (Fsp3) is 0.500. The average Bonchev–Trinajstić information content (AvgIpc) is 2.55. The third-order valence-corrected chi connectivity index (χ3v) is 2.43. The molecule has 0 radical (unpaired) electrons. The molecule has 0 amide bonds. The van der Waals surface area contributed by atoms with Gasteiger partial charge in [0.05, 0.1) is 5.69 Å². The highest BCUT2D eigenvalue weighted by Crippen LogP contribution is 2.33. The lowest BCUT2D eigenvalue weighted by Crippen LogP contribution is -2.21. The van der Waals surface area contributed by atoms with Crippen LogP contribution in [-0.2, 0) is 10.3 Å². The van der Waals surface area contributed by atoms with Gasteiger partial charge in [0.2, 0.25) is 0 Å². The summed E-state index contributed by atoms with van der Waals surface area (Å²) in [6, 6.07) is 5.97. The summed E-state index contributed by atoms with van der Waals surface area (Å²) in [5, 5.41) is 0. The third kappa shape index (κ3) is 1.23. The molecule has 2 heteroatoms. The number of hydrogen-bond donors (Lipinski definition) is 0. The van der Waals surface area contributed by atoms with Crippen LogP contribution in [0.5, 0.6) is 0 Å². The van der Waals surface area contributed by atoms with Crippen molar-refractivity contribution in [3.8, 4) is 0 Å². The molecule has 12 heavy (non-hydrogen) atoms. The van der Waals surface area contributed by atoms with Gasteiger partial charge >= 0.3 is 0 Å². The van der Waals surface area contributed by atoms with Crippen molar-refractivity contribution in [1.82, 2.24) is 4.98 Å². The van der Waals surface area contributed by atoms with E-state index < -0.39 is 0 Å². The molecule has 0 aliphatic carbocycles. The second-order valence-electron chi connectivity index (χ2n) is 3.40. The lowest BCUT2D eigenvalue weighted by Gasteiger charge is -2.21. The maximum absolute atomic E-state index is 5.66. The summed E-state index contributed by atoms with van der Waals surface area (Å²) in [7, 11) is 0. The zero-order chi connectivity index (χ0) is 8.44. The quantitative estimate of drug-likeness (QED) is 0.632. The predicted molar refractivity (Wildman–Crippen MR) is 46.8 cm³/mol. The van der Waals surface area contributed by atoms with Crippen LogP contribution in [0.1, 0.15) is 25.5 Å². The second-order valence-corrected chi connectivity index (χ2v) is 3.40. The maximum Gasteiger partial charge on any atom is 0.107 e. The third-order valence-electron chi connectivity index (χ3n) is 2.43. The highest BCUT2D eigenvalue weighted by Gasteiger charge is 2.32. The molecule has 2 rings (SSSR count). The standard InChI is InChI=1S/C10H13NO/c1-10(6-4-8-12-10)9-5-2-3-7-11-9/h2-3,5,7H,4,6,8H2,1H3. The molecule has 1 unspecified atom stereocenters. The first-order chi connectivity index (χ1) is 5.81. The van der Waals surface area contributed by atoms with E-state index in [-0.39, 0.29) is 5.60 Å². The minimum absolute atomic E-state index is 0.124. The van der Waals surface area contributed by atoms with Crippen LogP contribution in [0.4, 0.5) is 0 Å². The van der Waals surface area contributed by atoms with Crippen molar-refractivity contribution in [2.45, 2.75) is 25.4 Å². The van der Waals surface area contributed by atoms with Gasteiger partial charge in [-0.3, -0.25) is 4.98 Å². The van der Waals surface area contributed by atoms with Crippen LogP contribution in [0, 0.1) is 0 Å². The largest absolute Gasteiger partial charge is 0.369 e. The molecule has 0 saturated carbocycles. The fourth-order valence-electron chi connectivity index (χ4n) is 1.66. The molecule has 2 heterocycles. The summed E-state index contributed by atoms with van der Waals surface area (Å²) in [6.07, 6.45) is 4.05. The number of rotatable bonds is 1. The van der Waals surface area contributed by atoms with E-state index in [1.165, 1.54) is 0 Å². The van der Waals surface area contributed by atoms with Crippen LogP contribution in [0.3, 0.4) is 0 Å². The van der Waals surface area contributed by atoms with E-state index in [1.807, 2.05) is 24.4 Å². The first-order valence-corrected chi connectivity index (χ1v) is 4.37. The van der Waals surface area contributed by atoms with Gasteiger partial charge in [-0.15, -0.1) is 0 Å². The molecule has 1 aliphatic rings. The molecule has 1 fully saturated rings. The monoisotopic (exact) mass is 163 g/mol. The van der Waals surface area contributed by atoms with Gasteiger partial charge < -0.3 is 4.74 Å². The molecular formula is C10H13NO. The summed E-state index contributed by atoms with van der Waals surface area (Å²) < 4.78 is 5.66. The summed E-state index contributed by atoms with van der Waals surface area (Å²) in [4.78, 5) is 4.31. The normalized spacial score (nSPS) is 29.1. The SMILES string of the molecule is CC1(c2ccccn2)CCCO1. The van der Waals surface area contributed by atoms with Crippen molar-refractivity contribution in [3.05, 3.63) is 30.1 Å². The molecule has 0 bridgehead atoms. The van der Waals surface area contributed by atoms with Crippen LogP contribution in [0.2, 0.25) is 0 Å². The highest BCUT2D eigenvalue weighted by atomic mass is 16.5. The maximum atomic E-state index is 5.66. The van der Waals surface area contributed by atoms with Gasteiger partial charge in [0.15, 0.2) is 0 Å². The summed E-state index contributed by atoms with van der Waals surface area (Å²) >= 11 is 0. The number of pyridine rings is 1. The van der Waals surface area contributed by atoms with Gasteiger partial charge in [-0.2, -0.15) is 0 Å². The summed E-state index contributed by atoms with van der Waals surface area (Å²) in [5.41, 5.74) is 0.934. The van der Waals surface area contributed by atoms with E-state index in [0.29, 0.717) is 0 Å². The van der Waals surface area contributed by atoms with E-state index >= 15 is 0 Å². The van der Waals surface area contributed by atoms with Crippen LogP contribution < -0.4 is 0 Å². The van der Waals surface area contributed by atoms with Crippen molar-refractivity contribution in [3.63, 3.8) is 0 Å². The minimum Gasteiger partial charge on any atom is -0.369 e. The number of nitrogens with zero attached hydrogens (tertiary/aromatic N) is 1. The first-order valence-electron chi connectivity index (χ1n) is 4.37. The fourth-order valence-corrected chi connectivity index (χ4v) is 1.66. The Hall–Kier alpha value is -0.890. The molecule has 0 aromatic carbocycles. The first kappa shape index (κ1) is 7.74. The highest BCUT2D eigenvalue weighted by molar-refractivity contribution is 5.13. The van der Waals surface area contributed by atoms with Crippen molar-refractivity contribution < 1.29 is 4.74 Å². The number of aromatic nitrogens is 1. The van der Waals surface area contributed by atoms with E-state index in [9.17, 15) is 0 Å². The molecule has 0 spiro atoms. The van der Waals surface area contributed by atoms with Crippen LogP contribution in [0.25, 0.3) is 0 Å². The Balaban J connectivity index is 2.29. The molecule has 64 valence electrons. The predicted octanol–water partition coefficient (Wildman–Crippen LogP) is 2.11. The Morgan fingerprint density at radius 3 is 3.00 bits per heavy atom. The lowest BCUT2D eigenvalue weighted by molar-refractivity contribution is 0.0132. The van der Waals surface area contributed by atoms with Crippen LogP contribution in [-0.4, -0.2) is 11.6 Å². The van der Waals surface area contributed by atoms with Gasteiger partial charge in [-0.05, 0) is 31.9 Å². The van der Waals surface area contributed by atoms with Crippen molar-refractivity contribution in [1.29, 1.82) is 0 Å². The van der Waals surface area contributed by atoms with Gasteiger partial charge in [0.25, 0.3) is 0 Å². The zero-order valence-electron chi connectivity index (χ0n) is 7.29. The number of hydrogen-bond acceptors (Lipinski definition) is 2. The average molecular weight is 163 g/mol. The molecule has 1 atom stereocenters. The minimum atomic E-state index is -0.124. The second kappa shape index (κ2) is 2.87. The van der Waals surface area contributed by atoms with E-state index in [1.54, 1.807) is 0 Å². The Kier molecular flexibility index (Phi) is 1.85. The molecule has 1 aromatic heterocycles. The Morgan fingerprint density at radius 2 is 2.42 bits per heavy atom. The van der Waals surface area contributed by atoms with Crippen molar-refractivity contribution in [2.75, 3.05) is 6.61 Å². The molecule has 1 aliphatic heterocycles. The molecule has 2 nitrogen and oxygen atoms in total. The van der Waals surface area contributed by atoms with E-state index in [2.05, 4.69) is 11.9 Å². The zero-order valence-corrected chi connectivity index (χ0v) is 7.29. The van der Waals surface area contributed by atoms with Crippen LogP contribution in [0.15, 0.2) is 24.4 Å². The Bertz CT molecular complexity index is 252. The smallest absolute Gasteiger partial charge is 0.107 e. The van der Waals surface area contributed by atoms with Gasteiger partial charge in [0, 0.05) is 12.8 Å². The van der Waals surface area contributed by atoms with E-state index in [0.717, 1.165) is 25.1 Å². The Labute approximate surface area is 72.6 Å². The molecule has 0 N–H and O–H groups in total. The van der Waals surface area contributed by atoms with Gasteiger partial charge in [0.1, 0.15) is 5.60 Å². The lowest BCUT2D eigenvalue weighted by atomic mass is 9.98. The molecular weight excluding hydrogens is 150 g/mol. The molecule has 1 saturated heterocycles. The number of ether oxygens (including phenoxy) is 1. The van der Waals surface area contributed by atoms with Gasteiger partial charge in [-0.25, -0.2) is 0 Å². The summed E-state index contributed by atoms with van der Waals surface area (Å²) in [5.74, 6) is 0. The van der Waals surface area contributed by atoms with Crippen LogP contribution >= 0.6 is 0 Å². The summed E-state index contributed by atoms with van der Waals surface area (Å²) in [6.45, 7) is 2.98. The van der Waals surface area contributed by atoms with Crippen molar-refractivity contribution >= 4 is 0 Å². The molecule has 1 aromatic rings. The topological polar surface area (TPSA) is 22.1 Å².